The molecule has 9 heteroatoms. The predicted octanol–water partition coefficient (Wildman–Crippen LogP) is 1.53. The van der Waals surface area contributed by atoms with Crippen LogP contribution in [0, 0.1) is 0 Å². The van der Waals surface area contributed by atoms with E-state index < -0.39 is 0 Å². The first-order chi connectivity index (χ1) is 10.8. The Morgan fingerprint density at radius 2 is 2.32 bits per heavy atom. The fourth-order valence-electron chi connectivity index (χ4n) is 2.20. The Kier molecular flexibility index (Phi) is 5.19. The average Bonchev–Trinajstić information content (AvgIpc) is 2.96. The predicted molar refractivity (Wildman–Crippen MR) is 86.5 cm³/mol. The zero-order chi connectivity index (χ0) is 15.4. The van der Waals surface area contributed by atoms with E-state index >= 15 is 0 Å². The second-order valence-corrected chi connectivity index (χ2v) is 7.20. The average molecular weight is 338 g/mol. The molecule has 2 aromatic heterocycles. The fourth-order valence-corrected chi connectivity index (χ4v) is 4.00. The summed E-state index contributed by atoms with van der Waals surface area (Å²) in [5, 5.41) is 13.3. The van der Waals surface area contributed by atoms with Gasteiger partial charge < -0.3 is 15.0 Å². The van der Waals surface area contributed by atoms with Crippen molar-refractivity contribution in [3.05, 3.63) is 17.6 Å². The van der Waals surface area contributed by atoms with E-state index in [0.717, 1.165) is 46.2 Å². The molecule has 0 fully saturated rings. The lowest BCUT2D eigenvalue weighted by Gasteiger charge is -2.24. The van der Waals surface area contributed by atoms with Crippen molar-refractivity contribution in [2.75, 3.05) is 39.2 Å². The van der Waals surface area contributed by atoms with Crippen molar-refractivity contribution in [2.24, 2.45) is 0 Å². The Bertz CT molecular complexity index is 635. The van der Waals surface area contributed by atoms with Crippen LogP contribution in [0.2, 0.25) is 0 Å². The fraction of sp³-hybridized carbons (Fsp3) is 0.538. The number of hydrogen-bond acceptors (Lipinski definition) is 9. The van der Waals surface area contributed by atoms with Gasteiger partial charge in [0.1, 0.15) is 11.4 Å². The zero-order valence-corrected chi connectivity index (χ0v) is 14.2. The molecule has 1 aliphatic rings. The number of likely N-dealkylation sites (N-methyl/N-ethyl adjacent to an activating group) is 1. The van der Waals surface area contributed by atoms with E-state index in [-0.39, 0.29) is 0 Å². The first-order valence-corrected chi connectivity index (χ1v) is 8.65. The standard InChI is InChI=1S/C13H18N6OS2/c1-19-5-3-10-9(7-19)11(16-8-15-10)21-13-18-17-12(22-13)14-4-6-20-2/h8H,3-7H2,1-2H3,(H,14,17). The molecular weight excluding hydrogens is 320 g/mol. The normalized spacial score (nSPS) is 14.8. The quantitative estimate of drug-likeness (QED) is 0.628. The first kappa shape index (κ1) is 15.6. The second-order valence-electron chi connectivity index (χ2n) is 4.99. The molecule has 7 nitrogen and oxygen atoms in total. The zero-order valence-electron chi connectivity index (χ0n) is 12.6. The minimum Gasteiger partial charge on any atom is -0.383 e. The highest BCUT2D eigenvalue weighted by Crippen LogP contribution is 2.34. The van der Waals surface area contributed by atoms with Crippen molar-refractivity contribution in [1.29, 1.82) is 0 Å². The number of nitrogens with one attached hydrogen (secondary N) is 1. The molecule has 0 amide bonds. The van der Waals surface area contributed by atoms with Crippen LogP contribution in [0.1, 0.15) is 11.3 Å². The van der Waals surface area contributed by atoms with Gasteiger partial charge in [-0.2, -0.15) is 0 Å². The summed E-state index contributed by atoms with van der Waals surface area (Å²) in [6.07, 6.45) is 2.62. The number of ether oxygens (including phenoxy) is 1. The number of rotatable bonds is 6. The number of anilines is 1. The third-order valence-electron chi connectivity index (χ3n) is 3.33. The maximum atomic E-state index is 5.01. The summed E-state index contributed by atoms with van der Waals surface area (Å²) >= 11 is 3.09. The first-order valence-electron chi connectivity index (χ1n) is 7.01. The summed E-state index contributed by atoms with van der Waals surface area (Å²) in [7, 11) is 3.80. The summed E-state index contributed by atoms with van der Waals surface area (Å²) < 4.78 is 5.89. The van der Waals surface area contributed by atoms with Crippen molar-refractivity contribution in [2.45, 2.75) is 22.3 Å². The topological polar surface area (TPSA) is 76.1 Å². The third kappa shape index (κ3) is 3.72. The van der Waals surface area contributed by atoms with Crippen LogP contribution in [-0.2, 0) is 17.7 Å². The number of fused-ring (bicyclic) bond motifs is 1. The lowest BCUT2D eigenvalue weighted by Crippen LogP contribution is -2.28. The van der Waals surface area contributed by atoms with E-state index in [0.29, 0.717) is 6.61 Å². The van der Waals surface area contributed by atoms with Gasteiger partial charge in [-0.1, -0.05) is 11.3 Å². The molecule has 0 atom stereocenters. The van der Waals surface area contributed by atoms with E-state index in [2.05, 4.69) is 37.4 Å². The second kappa shape index (κ2) is 7.32. The summed E-state index contributed by atoms with van der Waals surface area (Å²) in [4.78, 5) is 11.1. The molecule has 0 saturated carbocycles. The largest absolute Gasteiger partial charge is 0.383 e. The highest BCUT2D eigenvalue weighted by atomic mass is 32.2. The Labute approximate surface area is 137 Å². The van der Waals surface area contributed by atoms with Crippen molar-refractivity contribution >= 4 is 28.2 Å². The molecule has 3 rings (SSSR count). The van der Waals surface area contributed by atoms with Crippen LogP contribution in [0.3, 0.4) is 0 Å². The number of methoxy groups -OCH3 is 1. The van der Waals surface area contributed by atoms with E-state index in [1.165, 1.54) is 16.9 Å². The molecule has 1 aliphatic heterocycles. The molecule has 0 radical (unpaired) electrons. The lowest BCUT2D eigenvalue weighted by atomic mass is 10.1. The van der Waals surface area contributed by atoms with E-state index in [1.807, 2.05) is 0 Å². The molecule has 0 aromatic carbocycles. The van der Waals surface area contributed by atoms with Crippen LogP contribution >= 0.6 is 23.1 Å². The number of hydrogen-bond donors (Lipinski definition) is 1. The van der Waals surface area contributed by atoms with Crippen LogP contribution < -0.4 is 5.32 Å². The van der Waals surface area contributed by atoms with E-state index in [9.17, 15) is 0 Å². The molecule has 0 bridgehead atoms. The Morgan fingerprint density at radius 3 is 3.18 bits per heavy atom. The van der Waals surface area contributed by atoms with Crippen molar-refractivity contribution in [1.82, 2.24) is 25.1 Å². The highest BCUT2D eigenvalue weighted by molar-refractivity contribution is 8.01. The summed E-state index contributed by atoms with van der Waals surface area (Å²) in [5.74, 6) is 0. The van der Waals surface area contributed by atoms with Gasteiger partial charge in [0.05, 0.1) is 12.3 Å². The third-order valence-corrected chi connectivity index (χ3v) is 5.30. The SMILES string of the molecule is COCCNc1nnc(Sc2ncnc3c2CN(C)CC3)s1. The molecule has 2 aromatic rings. The van der Waals surface area contributed by atoms with E-state index in [1.54, 1.807) is 25.2 Å². The highest BCUT2D eigenvalue weighted by Gasteiger charge is 2.20. The van der Waals surface area contributed by atoms with Gasteiger partial charge in [0.25, 0.3) is 0 Å². The van der Waals surface area contributed by atoms with Gasteiger partial charge in [-0.05, 0) is 18.8 Å². The molecule has 0 aliphatic carbocycles. The molecule has 118 valence electrons. The van der Waals surface area contributed by atoms with Crippen molar-refractivity contribution in [3.63, 3.8) is 0 Å². The van der Waals surface area contributed by atoms with Gasteiger partial charge in [0.2, 0.25) is 5.13 Å². The maximum absolute atomic E-state index is 5.01. The monoisotopic (exact) mass is 338 g/mol. The summed E-state index contributed by atoms with van der Waals surface area (Å²) in [6.45, 7) is 3.30. The molecule has 0 unspecified atom stereocenters. The Hall–Kier alpha value is -1.29. The van der Waals surface area contributed by atoms with Crippen LogP contribution in [-0.4, -0.2) is 58.9 Å². The van der Waals surface area contributed by atoms with Crippen LogP contribution in [0.4, 0.5) is 5.13 Å². The summed E-state index contributed by atoms with van der Waals surface area (Å²) in [5.41, 5.74) is 2.36. The van der Waals surface area contributed by atoms with Crippen LogP contribution in [0.25, 0.3) is 0 Å². The minimum absolute atomic E-state index is 0.647. The van der Waals surface area contributed by atoms with E-state index in [4.69, 9.17) is 4.74 Å². The smallest absolute Gasteiger partial charge is 0.206 e. The van der Waals surface area contributed by atoms with Crippen molar-refractivity contribution in [3.8, 4) is 0 Å². The van der Waals surface area contributed by atoms with Gasteiger partial charge in [-0.25, -0.2) is 9.97 Å². The van der Waals surface area contributed by atoms with Gasteiger partial charge >= 0.3 is 0 Å². The molecule has 3 heterocycles. The Morgan fingerprint density at radius 1 is 1.41 bits per heavy atom. The summed E-state index contributed by atoms with van der Waals surface area (Å²) in [6, 6.07) is 0. The van der Waals surface area contributed by atoms with Gasteiger partial charge in [-0.3, -0.25) is 0 Å². The Balaban J connectivity index is 1.71. The molecule has 22 heavy (non-hydrogen) atoms. The molecule has 0 saturated heterocycles. The van der Waals surface area contributed by atoms with Gasteiger partial charge in [-0.15, -0.1) is 10.2 Å². The lowest BCUT2D eigenvalue weighted by molar-refractivity contribution is 0.211. The van der Waals surface area contributed by atoms with Crippen LogP contribution in [0.15, 0.2) is 15.7 Å². The van der Waals surface area contributed by atoms with Gasteiger partial charge in [0, 0.05) is 38.7 Å². The van der Waals surface area contributed by atoms with Gasteiger partial charge in [0.15, 0.2) is 4.34 Å². The maximum Gasteiger partial charge on any atom is 0.206 e. The molecular formula is C13H18N6OS2. The number of nitrogens with zero attached hydrogens (tertiary/aromatic N) is 5. The number of aromatic nitrogens is 4. The van der Waals surface area contributed by atoms with Crippen LogP contribution in [0.5, 0.6) is 0 Å². The molecule has 0 spiro atoms. The van der Waals surface area contributed by atoms with Crippen molar-refractivity contribution < 1.29 is 4.74 Å². The molecule has 1 N–H and O–H groups in total. The minimum atomic E-state index is 0.647.